The molecule has 0 amide bonds. The number of hydrogen-bond acceptors (Lipinski definition) is 1. The van der Waals surface area contributed by atoms with Gasteiger partial charge in [-0.1, -0.05) is 64.5 Å². The lowest BCUT2D eigenvalue weighted by atomic mass is 9.72. The minimum atomic E-state index is -0.0377. The predicted octanol–water partition coefficient (Wildman–Crippen LogP) is 4.62. The van der Waals surface area contributed by atoms with Gasteiger partial charge in [-0.3, -0.25) is 4.79 Å². The number of benzene rings is 2. The summed E-state index contributed by atoms with van der Waals surface area (Å²) in [6.07, 6.45) is 8.18. The minimum absolute atomic E-state index is 0.0377. The van der Waals surface area contributed by atoms with Crippen molar-refractivity contribution < 1.29 is 4.79 Å². The van der Waals surface area contributed by atoms with Crippen LogP contribution in [0.5, 0.6) is 0 Å². The third-order valence-electron chi connectivity index (χ3n) is 4.08. The number of fused-ring (bicyclic) bond motifs is 2. The van der Waals surface area contributed by atoms with E-state index in [2.05, 4.69) is 40.2 Å². The first-order valence-electron chi connectivity index (χ1n) is 6.38. The van der Waals surface area contributed by atoms with Gasteiger partial charge in [0, 0.05) is 16.0 Å². The summed E-state index contributed by atoms with van der Waals surface area (Å²) >= 11 is 3.58. The SMILES string of the molecule is O=C1c2cccc3c(Br)ccc(c23)C2C=CC=CC12. The molecule has 0 spiro atoms. The van der Waals surface area contributed by atoms with Crippen LogP contribution < -0.4 is 0 Å². The molecule has 2 unspecified atom stereocenters. The third kappa shape index (κ3) is 1.44. The highest BCUT2D eigenvalue weighted by molar-refractivity contribution is 9.10. The highest BCUT2D eigenvalue weighted by Gasteiger charge is 2.34. The molecule has 1 nitrogen and oxygen atoms in total. The molecule has 0 aromatic heterocycles. The summed E-state index contributed by atoms with van der Waals surface area (Å²) in [5, 5.41) is 2.24. The maximum atomic E-state index is 12.6. The Morgan fingerprint density at radius 2 is 1.74 bits per heavy atom. The summed E-state index contributed by atoms with van der Waals surface area (Å²) < 4.78 is 1.05. The number of ketones is 1. The van der Waals surface area contributed by atoms with E-state index in [9.17, 15) is 4.79 Å². The Labute approximate surface area is 119 Å². The van der Waals surface area contributed by atoms with E-state index in [0.717, 1.165) is 20.8 Å². The summed E-state index contributed by atoms with van der Waals surface area (Å²) in [6.45, 7) is 0. The molecule has 2 atom stereocenters. The lowest BCUT2D eigenvalue weighted by Crippen LogP contribution is -2.25. The van der Waals surface area contributed by atoms with Crippen LogP contribution in [0.4, 0.5) is 0 Å². The molecule has 2 aliphatic rings. The molecule has 19 heavy (non-hydrogen) atoms. The van der Waals surface area contributed by atoms with E-state index >= 15 is 0 Å². The zero-order valence-corrected chi connectivity index (χ0v) is 11.7. The highest BCUT2D eigenvalue weighted by Crippen LogP contribution is 2.44. The molecular weight excluding hydrogens is 300 g/mol. The Balaban J connectivity index is 2.15. The van der Waals surface area contributed by atoms with Crippen LogP contribution in [-0.2, 0) is 0 Å². The van der Waals surface area contributed by atoms with Gasteiger partial charge in [0.25, 0.3) is 0 Å². The quantitative estimate of drug-likeness (QED) is 0.693. The number of hydrogen-bond donors (Lipinski definition) is 0. The summed E-state index contributed by atoms with van der Waals surface area (Å²) in [5.41, 5.74) is 2.12. The second-order valence-corrected chi connectivity index (χ2v) is 5.90. The van der Waals surface area contributed by atoms with Gasteiger partial charge in [-0.15, -0.1) is 0 Å². The van der Waals surface area contributed by atoms with Crippen molar-refractivity contribution in [3.63, 3.8) is 0 Å². The van der Waals surface area contributed by atoms with Crippen LogP contribution in [0, 0.1) is 5.92 Å². The van der Waals surface area contributed by atoms with Crippen LogP contribution in [-0.4, -0.2) is 5.78 Å². The summed E-state index contributed by atoms with van der Waals surface area (Å²) in [6, 6.07) is 10.2. The first kappa shape index (κ1) is 11.2. The molecule has 2 aromatic carbocycles. The monoisotopic (exact) mass is 310 g/mol. The molecule has 0 bridgehead atoms. The molecule has 0 saturated carbocycles. The van der Waals surface area contributed by atoms with Crippen molar-refractivity contribution in [2.75, 3.05) is 0 Å². The van der Waals surface area contributed by atoms with E-state index in [-0.39, 0.29) is 17.6 Å². The number of allylic oxidation sites excluding steroid dienone is 4. The Morgan fingerprint density at radius 1 is 0.947 bits per heavy atom. The molecule has 0 aliphatic heterocycles. The molecule has 0 N–H and O–H groups in total. The van der Waals surface area contributed by atoms with Crippen LogP contribution >= 0.6 is 15.9 Å². The predicted molar refractivity (Wildman–Crippen MR) is 80.5 cm³/mol. The lowest BCUT2D eigenvalue weighted by Gasteiger charge is -2.30. The topological polar surface area (TPSA) is 17.1 Å². The molecule has 92 valence electrons. The van der Waals surface area contributed by atoms with Gasteiger partial charge in [-0.05, 0) is 22.4 Å². The highest BCUT2D eigenvalue weighted by atomic mass is 79.9. The van der Waals surface area contributed by atoms with Crippen molar-refractivity contribution in [1.29, 1.82) is 0 Å². The van der Waals surface area contributed by atoms with Gasteiger partial charge in [0.05, 0.1) is 5.92 Å². The van der Waals surface area contributed by atoms with Crippen molar-refractivity contribution in [2.45, 2.75) is 5.92 Å². The Morgan fingerprint density at radius 3 is 2.58 bits per heavy atom. The zero-order chi connectivity index (χ0) is 13.0. The van der Waals surface area contributed by atoms with E-state index in [0.29, 0.717) is 0 Å². The lowest BCUT2D eigenvalue weighted by molar-refractivity contribution is 0.0934. The molecule has 2 heteroatoms. The summed E-state index contributed by atoms with van der Waals surface area (Å²) in [4.78, 5) is 12.6. The van der Waals surface area contributed by atoms with Gasteiger partial charge < -0.3 is 0 Å². The van der Waals surface area contributed by atoms with E-state index in [1.54, 1.807) is 0 Å². The van der Waals surface area contributed by atoms with Crippen LogP contribution in [0.2, 0.25) is 0 Å². The fraction of sp³-hybridized carbons (Fsp3) is 0.118. The van der Waals surface area contributed by atoms with Gasteiger partial charge >= 0.3 is 0 Å². The van der Waals surface area contributed by atoms with Gasteiger partial charge in [-0.2, -0.15) is 0 Å². The van der Waals surface area contributed by atoms with Crippen molar-refractivity contribution in [3.8, 4) is 0 Å². The zero-order valence-electron chi connectivity index (χ0n) is 10.1. The Bertz CT molecular complexity index is 770. The maximum absolute atomic E-state index is 12.6. The smallest absolute Gasteiger partial charge is 0.171 e. The van der Waals surface area contributed by atoms with Crippen molar-refractivity contribution in [3.05, 3.63) is 70.2 Å². The number of halogens is 1. The second kappa shape index (κ2) is 3.91. The molecule has 0 saturated heterocycles. The molecule has 0 heterocycles. The minimum Gasteiger partial charge on any atom is -0.293 e. The van der Waals surface area contributed by atoms with Crippen molar-refractivity contribution >= 4 is 32.5 Å². The standard InChI is InChI=1S/C17H11BrO/c18-15-9-8-11-10-4-1-2-5-12(10)17(19)14-7-3-6-13(15)16(11)14/h1-10,12H. The van der Waals surface area contributed by atoms with E-state index in [1.807, 2.05) is 30.4 Å². The molecule has 2 aromatic rings. The molecular formula is C17H11BrO. The first-order chi connectivity index (χ1) is 9.27. The van der Waals surface area contributed by atoms with Crippen molar-refractivity contribution in [1.82, 2.24) is 0 Å². The molecule has 0 radical (unpaired) electrons. The number of carbonyl (C=O) groups excluding carboxylic acids is 1. The average Bonchev–Trinajstić information content (AvgIpc) is 2.46. The van der Waals surface area contributed by atoms with E-state index < -0.39 is 0 Å². The second-order valence-electron chi connectivity index (χ2n) is 5.05. The van der Waals surface area contributed by atoms with Crippen molar-refractivity contribution in [2.24, 2.45) is 5.92 Å². The van der Waals surface area contributed by atoms with Crippen LogP contribution in [0.15, 0.2) is 59.1 Å². The number of Topliss-reactive ketones (excluding diaryl/α,β-unsaturated/α-hetero) is 1. The van der Waals surface area contributed by atoms with E-state index in [1.165, 1.54) is 5.56 Å². The fourth-order valence-electron chi connectivity index (χ4n) is 3.22. The summed E-state index contributed by atoms with van der Waals surface area (Å²) in [7, 11) is 0. The average molecular weight is 311 g/mol. The Kier molecular flexibility index (Phi) is 2.30. The summed E-state index contributed by atoms with van der Waals surface area (Å²) in [5.74, 6) is 0.383. The molecule has 2 aliphatic carbocycles. The van der Waals surface area contributed by atoms with Crippen LogP contribution in [0.1, 0.15) is 21.8 Å². The normalized spacial score (nSPS) is 23.7. The fourth-order valence-corrected chi connectivity index (χ4v) is 3.68. The third-order valence-corrected chi connectivity index (χ3v) is 4.77. The van der Waals surface area contributed by atoms with E-state index in [4.69, 9.17) is 0 Å². The molecule has 0 fully saturated rings. The maximum Gasteiger partial charge on any atom is 0.171 e. The number of rotatable bonds is 0. The van der Waals surface area contributed by atoms with Crippen LogP contribution in [0.3, 0.4) is 0 Å². The van der Waals surface area contributed by atoms with Crippen LogP contribution in [0.25, 0.3) is 10.8 Å². The largest absolute Gasteiger partial charge is 0.293 e. The number of carbonyl (C=O) groups is 1. The van der Waals surface area contributed by atoms with Gasteiger partial charge in [0.2, 0.25) is 0 Å². The first-order valence-corrected chi connectivity index (χ1v) is 7.17. The van der Waals surface area contributed by atoms with Gasteiger partial charge in [0.15, 0.2) is 5.78 Å². The Hall–Kier alpha value is -1.67. The van der Waals surface area contributed by atoms with Gasteiger partial charge in [0.1, 0.15) is 0 Å². The molecule has 4 rings (SSSR count). The van der Waals surface area contributed by atoms with Gasteiger partial charge in [-0.25, -0.2) is 0 Å².